The average molecular weight is 441 g/mol. The number of aromatic nitrogens is 1. The van der Waals surface area contributed by atoms with Gasteiger partial charge in [-0.25, -0.2) is 4.79 Å². The van der Waals surface area contributed by atoms with Crippen molar-refractivity contribution in [2.24, 2.45) is 5.16 Å². The second-order valence-corrected chi connectivity index (χ2v) is 8.36. The first-order chi connectivity index (χ1) is 15.0. The van der Waals surface area contributed by atoms with Crippen molar-refractivity contribution in [1.82, 2.24) is 4.57 Å². The lowest BCUT2D eigenvalue weighted by molar-refractivity contribution is 0.0685. The second-order valence-electron chi connectivity index (χ2n) is 7.41. The van der Waals surface area contributed by atoms with Gasteiger partial charge in [0.15, 0.2) is 11.5 Å². The van der Waals surface area contributed by atoms with Gasteiger partial charge >= 0.3 is 5.97 Å². The van der Waals surface area contributed by atoms with E-state index in [1.807, 2.05) is 48.1 Å². The highest BCUT2D eigenvalue weighted by Crippen LogP contribution is 2.47. The number of fused-ring (bicyclic) bond motifs is 3. The number of aromatic carboxylic acids is 1. The summed E-state index contributed by atoms with van der Waals surface area (Å²) >= 11 is 1.55. The van der Waals surface area contributed by atoms with Crippen molar-refractivity contribution < 1.29 is 24.2 Å². The maximum absolute atomic E-state index is 12.3. The van der Waals surface area contributed by atoms with Gasteiger partial charge in [-0.15, -0.1) is 11.3 Å². The molecule has 1 aliphatic rings. The molecule has 0 saturated heterocycles. The van der Waals surface area contributed by atoms with Crippen LogP contribution in [0.25, 0.3) is 21.7 Å². The number of carboxylic acids is 1. The number of rotatable bonds is 7. The van der Waals surface area contributed by atoms with Crippen LogP contribution in [-0.2, 0) is 17.8 Å². The molecule has 0 aliphatic carbocycles. The molecule has 162 valence electrons. The van der Waals surface area contributed by atoms with Crippen molar-refractivity contribution in [2.75, 3.05) is 14.2 Å². The molecule has 0 bridgehead atoms. The lowest BCUT2D eigenvalue weighted by Gasteiger charge is -2.24. The maximum atomic E-state index is 12.3. The van der Waals surface area contributed by atoms with Crippen molar-refractivity contribution in [2.45, 2.75) is 32.9 Å². The number of carboxylic acid groups (broad SMARTS) is 1. The quantitative estimate of drug-likeness (QED) is 0.417. The molecular formula is C23H24N2O5S. The Kier molecular flexibility index (Phi) is 5.73. The zero-order valence-corrected chi connectivity index (χ0v) is 18.7. The predicted molar refractivity (Wildman–Crippen MR) is 121 cm³/mol. The van der Waals surface area contributed by atoms with Gasteiger partial charge in [-0.1, -0.05) is 11.2 Å². The third-order valence-corrected chi connectivity index (χ3v) is 6.06. The first kappa shape index (κ1) is 21.0. The minimum Gasteiger partial charge on any atom is -0.493 e. The Balaban J connectivity index is 2.06. The standard InChI is InChI=1S/C23H24N2O5S/c1-13(2)30-18-11-15-14(10-17(18)28-3)7-8-25-21(15)20(19-6-5-9-31-19)16(12-24-29-4)22(25)23(26)27/h5-6,9-13H,7-8H2,1-4H3,(H,26,27). The molecule has 0 spiro atoms. The van der Waals surface area contributed by atoms with Crippen LogP contribution in [0.15, 0.2) is 34.8 Å². The van der Waals surface area contributed by atoms with Crippen LogP contribution in [0.5, 0.6) is 11.5 Å². The number of hydrogen-bond donors (Lipinski definition) is 1. The minimum absolute atomic E-state index is 0.0296. The van der Waals surface area contributed by atoms with Crippen molar-refractivity contribution in [3.63, 3.8) is 0 Å². The molecule has 1 N–H and O–H groups in total. The average Bonchev–Trinajstić information content (AvgIpc) is 3.36. The molecule has 2 aromatic heterocycles. The number of carbonyl (C=O) groups is 1. The molecule has 0 atom stereocenters. The van der Waals surface area contributed by atoms with E-state index in [2.05, 4.69) is 5.16 Å². The molecule has 4 rings (SSSR count). The van der Waals surface area contributed by atoms with Gasteiger partial charge in [-0.3, -0.25) is 0 Å². The smallest absolute Gasteiger partial charge is 0.353 e. The molecule has 1 aromatic carbocycles. The third kappa shape index (κ3) is 3.67. The molecule has 3 heterocycles. The first-order valence-electron chi connectivity index (χ1n) is 9.94. The van der Waals surface area contributed by atoms with E-state index in [-0.39, 0.29) is 11.8 Å². The fraction of sp³-hybridized carbons (Fsp3) is 0.304. The van der Waals surface area contributed by atoms with Crippen LogP contribution in [-0.4, -0.2) is 42.2 Å². The molecule has 0 unspecified atom stereocenters. The number of oxime groups is 1. The zero-order valence-electron chi connectivity index (χ0n) is 17.8. The van der Waals surface area contributed by atoms with Crippen LogP contribution in [0.2, 0.25) is 0 Å². The Labute approximate surface area is 184 Å². The summed E-state index contributed by atoms with van der Waals surface area (Å²) in [6, 6.07) is 7.89. The molecule has 7 nitrogen and oxygen atoms in total. The second kappa shape index (κ2) is 8.47. The van der Waals surface area contributed by atoms with E-state index in [0.717, 1.165) is 27.3 Å². The Hall–Kier alpha value is -3.26. The fourth-order valence-electron chi connectivity index (χ4n) is 4.04. The van der Waals surface area contributed by atoms with E-state index >= 15 is 0 Å². The van der Waals surface area contributed by atoms with Gasteiger partial charge in [0, 0.05) is 28.1 Å². The number of hydrogen-bond acceptors (Lipinski definition) is 6. The highest BCUT2D eigenvalue weighted by molar-refractivity contribution is 7.13. The monoisotopic (exact) mass is 440 g/mol. The minimum atomic E-state index is -1.00. The van der Waals surface area contributed by atoms with Crippen molar-refractivity contribution in [1.29, 1.82) is 0 Å². The Morgan fingerprint density at radius 2 is 2.10 bits per heavy atom. The van der Waals surface area contributed by atoms with Gasteiger partial charge in [0.1, 0.15) is 12.8 Å². The largest absolute Gasteiger partial charge is 0.493 e. The highest BCUT2D eigenvalue weighted by atomic mass is 32.1. The molecule has 8 heteroatoms. The van der Waals surface area contributed by atoms with Gasteiger partial charge in [0.05, 0.1) is 25.1 Å². The van der Waals surface area contributed by atoms with Crippen molar-refractivity contribution in [3.05, 3.63) is 46.5 Å². The van der Waals surface area contributed by atoms with E-state index < -0.39 is 5.97 Å². The molecule has 0 radical (unpaired) electrons. The normalized spacial score (nSPS) is 12.7. The van der Waals surface area contributed by atoms with Crippen LogP contribution < -0.4 is 9.47 Å². The molecular weight excluding hydrogens is 416 g/mol. The van der Waals surface area contributed by atoms with Crippen LogP contribution in [0, 0.1) is 0 Å². The molecule has 0 amide bonds. The number of benzene rings is 1. The Morgan fingerprint density at radius 3 is 2.71 bits per heavy atom. The van der Waals surface area contributed by atoms with Gasteiger partial charge in [-0.05, 0) is 49.4 Å². The Morgan fingerprint density at radius 1 is 1.29 bits per heavy atom. The van der Waals surface area contributed by atoms with E-state index in [9.17, 15) is 9.90 Å². The summed E-state index contributed by atoms with van der Waals surface area (Å²) in [5.74, 6) is 0.300. The van der Waals surface area contributed by atoms with Gasteiger partial charge in [0.25, 0.3) is 0 Å². The van der Waals surface area contributed by atoms with Crippen LogP contribution in [0.1, 0.15) is 35.5 Å². The Bertz CT molecular complexity index is 1150. The van der Waals surface area contributed by atoms with Crippen LogP contribution >= 0.6 is 11.3 Å². The van der Waals surface area contributed by atoms with Crippen molar-refractivity contribution in [3.8, 4) is 33.2 Å². The van der Waals surface area contributed by atoms with Crippen LogP contribution in [0.3, 0.4) is 0 Å². The molecule has 3 aromatic rings. The molecule has 0 saturated carbocycles. The first-order valence-corrected chi connectivity index (χ1v) is 10.8. The van der Waals surface area contributed by atoms with Gasteiger partial charge < -0.3 is 24.0 Å². The van der Waals surface area contributed by atoms with Gasteiger partial charge in [-0.2, -0.15) is 0 Å². The topological polar surface area (TPSA) is 82.3 Å². The highest BCUT2D eigenvalue weighted by Gasteiger charge is 2.32. The molecule has 0 fully saturated rings. The van der Waals surface area contributed by atoms with E-state index in [1.54, 1.807) is 18.4 Å². The SMILES string of the molecule is CON=Cc1c(-c2cccs2)c2n(c1C(=O)O)CCc1cc(OC)c(OC(C)C)cc1-2. The number of methoxy groups -OCH3 is 1. The van der Waals surface area contributed by atoms with Crippen LogP contribution in [0.4, 0.5) is 0 Å². The summed E-state index contributed by atoms with van der Waals surface area (Å²) < 4.78 is 13.4. The van der Waals surface area contributed by atoms with E-state index in [4.69, 9.17) is 14.3 Å². The summed E-state index contributed by atoms with van der Waals surface area (Å²) in [7, 11) is 3.06. The van der Waals surface area contributed by atoms with Crippen molar-refractivity contribution >= 4 is 23.5 Å². The summed E-state index contributed by atoms with van der Waals surface area (Å²) in [6.45, 7) is 4.46. The summed E-state index contributed by atoms with van der Waals surface area (Å²) in [5, 5.41) is 15.9. The number of ether oxygens (including phenoxy) is 2. The summed E-state index contributed by atoms with van der Waals surface area (Å²) in [6.07, 6.45) is 2.14. The fourth-order valence-corrected chi connectivity index (χ4v) is 4.83. The molecule has 1 aliphatic heterocycles. The lowest BCUT2D eigenvalue weighted by atomic mass is 9.94. The van der Waals surface area contributed by atoms with E-state index in [1.165, 1.54) is 13.3 Å². The summed E-state index contributed by atoms with van der Waals surface area (Å²) in [5.41, 5.74) is 4.42. The van der Waals surface area contributed by atoms with E-state index in [0.29, 0.717) is 30.0 Å². The van der Waals surface area contributed by atoms with Gasteiger partial charge in [0.2, 0.25) is 0 Å². The maximum Gasteiger partial charge on any atom is 0.353 e. The number of aryl methyl sites for hydroxylation is 1. The zero-order chi connectivity index (χ0) is 22.1. The molecule has 31 heavy (non-hydrogen) atoms. The number of nitrogens with zero attached hydrogens (tertiary/aromatic N) is 2. The summed E-state index contributed by atoms with van der Waals surface area (Å²) in [4.78, 5) is 18.1. The lowest BCUT2D eigenvalue weighted by Crippen LogP contribution is -2.17. The third-order valence-electron chi connectivity index (χ3n) is 5.17. The number of thiophene rings is 1. The predicted octanol–water partition coefficient (Wildman–Crippen LogP) is 4.91.